The van der Waals surface area contributed by atoms with Crippen LogP contribution in [0.25, 0.3) is 0 Å². The van der Waals surface area contributed by atoms with Gasteiger partial charge in [-0.3, -0.25) is 0 Å². The molecule has 0 spiro atoms. The highest BCUT2D eigenvalue weighted by molar-refractivity contribution is 5.76. The average Bonchev–Trinajstić information content (AvgIpc) is 2.16. The predicted octanol–water partition coefficient (Wildman–Crippen LogP) is 0.0128. The fourth-order valence-corrected chi connectivity index (χ4v) is 0.940. The van der Waals surface area contributed by atoms with Crippen molar-refractivity contribution in [2.45, 2.75) is 0 Å². The second kappa shape index (κ2) is 4.26. The maximum absolute atomic E-state index is 10.5. The van der Waals surface area contributed by atoms with E-state index in [1.165, 1.54) is 0 Å². The number of amides is 2. The minimum absolute atomic E-state index is 0.548. The number of benzene rings is 1. The Morgan fingerprint density at radius 1 is 0.938 bits per heavy atom. The molecule has 0 atom stereocenters. The van der Waals surface area contributed by atoms with Crippen LogP contribution >= 0.6 is 0 Å². The Morgan fingerprint density at radius 2 is 1.25 bits per heavy atom. The van der Waals surface area contributed by atoms with Gasteiger partial charge in [0.2, 0.25) is 11.5 Å². The molecule has 1 rings (SSSR count). The van der Waals surface area contributed by atoms with E-state index in [-0.39, 0.29) is 0 Å². The topological polar surface area (TPSA) is 145 Å². The monoisotopic (exact) mass is 228 g/mol. The summed E-state index contributed by atoms with van der Waals surface area (Å²) in [6.07, 6.45) is -2.51. The zero-order valence-electron chi connectivity index (χ0n) is 7.84. The van der Waals surface area contributed by atoms with E-state index in [0.29, 0.717) is 0 Å². The van der Waals surface area contributed by atoms with E-state index in [2.05, 4.69) is 9.47 Å². The smallest absolute Gasteiger partial charge is 0.410 e. The fraction of sp³-hybridized carbons (Fsp3) is 0. The first kappa shape index (κ1) is 11.4. The van der Waals surface area contributed by atoms with Crippen molar-refractivity contribution in [3.63, 3.8) is 0 Å². The lowest BCUT2D eigenvalue weighted by Gasteiger charge is -2.10. The van der Waals surface area contributed by atoms with Gasteiger partial charge in [-0.05, 0) is 12.1 Å². The molecule has 0 aromatic heterocycles. The van der Waals surface area contributed by atoms with Gasteiger partial charge in [-0.15, -0.1) is 0 Å². The van der Waals surface area contributed by atoms with Crippen LogP contribution < -0.4 is 20.9 Å². The van der Waals surface area contributed by atoms with Gasteiger partial charge in [0.15, 0.2) is 11.5 Å². The summed E-state index contributed by atoms with van der Waals surface area (Å²) < 4.78 is 8.71. The van der Waals surface area contributed by atoms with Gasteiger partial charge in [0.25, 0.3) is 0 Å². The number of primary amides is 2. The number of hydrogen-bond donors (Lipinski definition) is 4. The van der Waals surface area contributed by atoms with E-state index in [9.17, 15) is 19.8 Å². The molecule has 0 heterocycles. The maximum Gasteiger partial charge on any atom is 0.410 e. The molecule has 1 aromatic carbocycles. The Hall–Kier alpha value is -2.64. The Bertz CT molecular complexity index is 403. The summed E-state index contributed by atoms with van der Waals surface area (Å²) in [6, 6.07) is 2.03. The molecule has 0 aliphatic rings. The minimum atomic E-state index is -1.25. The summed E-state index contributed by atoms with van der Waals surface area (Å²) in [4.78, 5) is 21.0. The van der Waals surface area contributed by atoms with Crippen LogP contribution in [0, 0.1) is 0 Å². The van der Waals surface area contributed by atoms with Gasteiger partial charge in [0.05, 0.1) is 0 Å². The molecule has 8 heteroatoms. The van der Waals surface area contributed by atoms with Crippen molar-refractivity contribution in [3.8, 4) is 23.0 Å². The number of hydrogen-bond acceptors (Lipinski definition) is 6. The number of rotatable bonds is 2. The van der Waals surface area contributed by atoms with Crippen LogP contribution in [0.15, 0.2) is 12.1 Å². The maximum atomic E-state index is 10.5. The third kappa shape index (κ3) is 2.44. The highest BCUT2D eigenvalue weighted by Gasteiger charge is 2.19. The van der Waals surface area contributed by atoms with Crippen LogP contribution in [-0.2, 0) is 0 Å². The van der Waals surface area contributed by atoms with Gasteiger partial charge in [0.1, 0.15) is 0 Å². The molecule has 0 aliphatic carbocycles. The average molecular weight is 228 g/mol. The Kier molecular flexibility index (Phi) is 3.04. The standard InChI is InChI=1S/C8H8N2O6/c9-7(13)15-5-3(11)1-2-4(12)6(5)16-8(10)14/h1-2,11-12H,(H2,9,13)(H2,10,14). The lowest BCUT2D eigenvalue weighted by Crippen LogP contribution is -2.20. The van der Waals surface area contributed by atoms with Gasteiger partial charge < -0.3 is 31.2 Å². The van der Waals surface area contributed by atoms with Gasteiger partial charge >= 0.3 is 12.2 Å². The molecule has 0 bridgehead atoms. The highest BCUT2D eigenvalue weighted by Crippen LogP contribution is 2.43. The first-order valence-electron chi connectivity index (χ1n) is 3.91. The Labute approximate surface area is 89.0 Å². The van der Waals surface area contributed by atoms with Crippen molar-refractivity contribution in [3.05, 3.63) is 12.1 Å². The minimum Gasteiger partial charge on any atom is -0.504 e. The zero-order valence-corrected chi connectivity index (χ0v) is 7.84. The molecule has 0 radical (unpaired) electrons. The zero-order chi connectivity index (χ0) is 12.3. The number of phenols is 2. The first-order chi connectivity index (χ1) is 7.41. The summed E-state index contributed by atoms with van der Waals surface area (Å²) in [5, 5.41) is 18.6. The van der Waals surface area contributed by atoms with E-state index >= 15 is 0 Å². The van der Waals surface area contributed by atoms with Gasteiger partial charge in [0, 0.05) is 0 Å². The van der Waals surface area contributed by atoms with E-state index in [1.807, 2.05) is 0 Å². The summed E-state index contributed by atoms with van der Waals surface area (Å²) >= 11 is 0. The van der Waals surface area contributed by atoms with Crippen molar-refractivity contribution >= 4 is 12.2 Å². The van der Waals surface area contributed by atoms with Crippen LogP contribution in [-0.4, -0.2) is 22.4 Å². The highest BCUT2D eigenvalue weighted by atomic mass is 16.6. The van der Waals surface area contributed by atoms with Crippen LogP contribution in [0.2, 0.25) is 0 Å². The molecule has 16 heavy (non-hydrogen) atoms. The summed E-state index contributed by atoms with van der Waals surface area (Å²) in [5.74, 6) is -2.28. The van der Waals surface area contributed by atoms with Crippen LogP contribution in [0.4, 0.5) is 9.59 Å². The van der Waals surface area contributed by atoms with E-state index in [1.54, 1.807) is 0 Å². The summed E-state index contributed by atoms with van der Waals surface area (Å²) in [5.41, 5.74) is 9.44. The summed E-state index contributed by atoms with van der Waals surface area (Å²) in [6.45, 7) is 0. The molecular weight excluding hydrogens is 220 g/mol. The Morgan fingerprint density at radius 3 is 1.50 bits per heavy atom. The first-order valence-corrected chi connectivity index (χ1v) is 3.91. The van der Waals surface area contributed by atoms with Gasteiger partial charge in [-0.1, -0.05) is 0 Å². The number of ether oxygens (including phenoxy) is 2. The molecule has 0 saturated carbocycles. The molecule has 86 valence electrons. The van der Waals surface area contributed by atoms with Gasteiger partial charge in [-0.2, -0.15) is 0 Å². The van der Waals surface area contributed by atoms with Crippen molar-refractivity contribution < 1.29 is 29.3 Å². The number of carbonyl (C=O) groups excluding carboxylic acids is 2. The molecule has 8 nitrogen and oxygen atoms in total. The second-order valence-corrected chi connectivity index (χ2v) is 2.60. The van der Waals surface area contributed by atoms with E-state index in [4.69, 9.17) is 11.5 Å². The second-order valence-electron chi connectivity index (χ2n) is 2.60. The lowest BCUT2D eigenvalue weighted by atomic mass is 10.2. The van der Waals surface area contributed by atoms with Crippen molar-refractivity contribution in [2.24, 2.45) is 11.5 Å². The number of carbonyl (C=O) groups is 2. The SMILES string of the molecule is NC(=O)Oc1c(O)ccc(O)c1OC(N)=O. The van der Waals surface area contributed by atoms with Crippen LogP contribution in [0.3, 0.4) is 0 Å². The van der Waals surface area contributed by atoms with Crippen LogP contribution in [0.1, 0.15) is 0 Å². The predicted molar refractivity (Wildman–Crippen MR) is 50.2 cm³/mol. The molecule has 0 unspecified atom stereocenters. The van der Waals surface area contributed by atoms with E-state index < -0.39 is 35.2 Å². The van der Waals surface area contributed by atoms with Crippen molar-refractivity contribution in [1.82, 2.24) is 0 Å². The normalized spacial score (nSPS) is 9.50. The van der Waals surface area contributed by atoms with Crippen molar-refractivity contribution in [1.29, 1.82) is 0 Å². The lowest BCUT2D eigenvalue weighted by molar-refractivity contribution is 0.197. The number of aromatic hydroxyl groups is 2. The summed E-state index contributed by atoms with van der Waals surface area (Å²) in [7, 11) is 0. The molecule has 2 amide bonds. The third-order valence-electron chi connectivity index (χ3n) is 1.48. The molecule has 0 saturated heterocycles. The molecule has 0 fully saturated rings. The third-order valence-corrected chi connectivity index (χ3v) is 1.48. The van der Waals surface area contributed by atoms with Gasteiger partial charge in [-0.25, -0.2) is 9.59 Å². The molecule has 6 N–H and O–H groups in total. The van der Waals surface area contributed by atoms with Crippen LogP contribution in [0.5, 0.6) is 23.0 Å². The molecular formula is C8H8N2O6. The Balaban J connectivity index is 3.24. The largest absolute Gasteiger partial charge is 0.504 e. The molecule has 1 aromatic rings. The van der Waals surface area contributed by atoms with E-state index in [0.717, 1.165) is 12.1 Å². The molecule has 0 aliphatic heterocycles. The quantitative estimate of drug-likeness (QED) is 0.524. The number of nitrogens with two attached hydrogens (primary N) is 2. The fourth-order valence-electron chi connectivity index (χ4n) is 0.940. The van der Waals surface area contributed by atoms with Crippen molar-refractivity contribution in [2.75, 3.05) is 0 Å². The number of phenolic OH excluding ortho intramolecular Hbond substituents is 2.